The van der Waals surface area contributed by atoms with Gasteiger partial charge in [0.25, 0.3) is 0 Å². The smallest absolute Gasteiger partial charge is 0.407 e. The van der Waals surface area contributed by atoms with Crippen molar-refractivity contribution in [1.82, 2.24) is 10.6 Å². The summed E-state index contributed by atoms with van der Waals surface area (Å²) in [6.45, 7) is 7.63. The molecule has 0 radical (unpaired) electrons. The van der Waals surface area contributed by atoms with Crippen LogP contribution >= 0.6 is 0 Å². The number of alkyl carbamates (subject to hydrolysis) is 1. The number of hydrogen-bond acceptors (Lipinski definition) is 5. The Balaban J connectivity index is 2.34. The van der Waals surface area contributed by atoms with Crippen molar-refractivity contribution in [3.05, 3.63) is 0 Å². The van der Waals surface area contributed by atoms with Crippen molar-refractivity contribution >= 4 is 6.09 Å². The van der Waals surface area contributed by atoms with E-state index in [1.807, 2.05) is 27.7 Å². The van der Waals surface area contributed by atoms with Crippen LogP contribution in [0.5, 0.6) is 0 Å². The average molecular weight is 302 g/mol. The average Bonchev–Trinajstić information content (AvgIpc) is 2.75. The van der Waals surface area contributed by atoms with Gasteiger partial charge in [0.15, 0.2) is 6.29 Å². The minimum absolute atomic E-state index is 0.102. The summed E-state index contributed by atoms with van der Waals surface area (Å²) in [7, 11) is 3.27. The van der Waals surface area contributed by atoms with Crippen molar-refractivity contribution in [1.29, 1.82) is 0 Å². The summed E-state index contributed by atoms with van der Waals surface area (Å²) >= 11 is 0. The molecule has 0 aromatic carbocycles. The molecule has 0 aliphatic heterocycles. The Kier molecular flexibility index (Phi) is 6.90. The van der Waals surface area contributed by atoms with Crippen molar-refractivity contribution in [3.63, 3.8) is 0 Å². The van der Waals surface area contributed by atoms with Crippen molar-refractivity contribution in [3.8, 4) is 0 Å². The summed E-state index contributed by atoms with van der Waals surface area (Å²) in [5.74, 6) is 0. The van der Waals surface area contributed by atoms with Crippen LogP contribution in [-0.4, -0.2) is 50.3 Å². The fourth-order valence-corrected chi connectivity index (χ4v) is 2.69. The molecule has 0 aromatic rings. The normalized spacial score (nSPS) is 24.1. The fraction of sp³-hybridized carbons (Fsp3) is 0.933. The van der Waals surface area contributed by atoms with E-state index in [0.29, 0.717) is 6.04 Å². The number of ether oxygens (including phenoxy) is 3. The van der Waals surface area contributed by atoms with E-state index in [1.54, 1.807) is 14.2 Å². The Morgan fingerprint density at radius 3 is 2.24 bits per heavy atom. The molecule has 21 heavy (non-hydrogen) atoms. The maximum Gasteiger partial charge on any atom is 0.407 e. The molecule has 0 aromatic heterocycles. The SMILES string of the molecule is COC(OC)C(C)NC1CCC(NC(=O)OC(C)(C)C)C1. The van der Waals surface area contributed by atoms with Crippen LogP contribution in [0.15, 0.2) is 0 Å². The molecule has 3 atom stereocenters. The summed E-state index contributed by atoms with van der Waals surface area (Å²) < 4.78 is 15.8. The zero-order valence-corrected chi connectivity index (χ0v) is 14.1. The lowest BCUT2D eigenvalue weighted by molar-refractivity contribution is -0.120. The van der Waals surface area contributed by atoms with Crippen molar-refractivity contribution in [2.24, 2.45) is 0 Å². The molecular formula is C15H30N2O4. The summed E-state index contributed by atoms with van der Waals surface area (Å²) in [5.41, 5.74) is -0.459. The third kappa shape index (κ3) is 6.63. The molecule has 1 amide bonds. The lowest BCUT2D eigenvalue weighted by atomic mass is 10.2. The number of rotatable bonds is 6. The zero-order chi connectivity index (χ0) is 16.0. The van der Waals surface area contributed by atoms with Crippen LogP contribution in [-0.2, 0) is 14.2 Å². The van der Waals surface area contributed by atoms with Crippen molar-refractivity contribution in [2.75, 3.05) is 14.2 Å². The van der Waals surface area contributed by atoms with Crippen LogP contribution in [0, 0.1) is 0 Å². The second-order valence-electron chi connectivity index (χ2n) is 6.65. The van der Waals surface area contributed by atoms with E-state index in [4.69, 9.17) is 14.2 Å². The fourth-order valence-electron chi connectivity index (χ4n) is 2.69. The van der Waals surface area contributed by atoms with E-state index >= 15 is 0 Å². The van der Waals surface area contributed by atoms with Gasteiger partial charge >= 0.3 is 6.09 Å². The highest BCUT2D eigenvalue weighted by molar-refractivity contribution is 5.68. The largest absolute Gasteiger partial charge is 0.444 e. The molecule has 124 valence electrons. The van der Waals surface area contributed by atoms with Gasteiger partial charge in [-0.1, -0.05) is 0 Å². The van der Waals surface area contributed by atoms with Crippen LogP contribution < -0.4 is 10.6 Å². The molecular weight excluding hydrogens is 272 g/mol. The molecule has 1 saturated carbocycles. The monoisotopic (exact) mass is 302 g/mol. The maximum absolute atomic E-state index is 11.8. The first-order valence-electron chi connectivity index (χ1n) is 7.56. The first-order chi connectivity index (χ1) is 9.75. The third-order valence-electron chi connectivity index (χ3n) is 3.52. The number of carbonyl (C=O) groups is 1. The minimum Gasteiger partial charge on any atom is -0.444 e. The minimum atomic E-state index is -0.459. The number of hydrogen-bond donors (Lipinski definition) is 2. The molecule has 1 fully saturated rings. The standard InChI is InChI=1S/C15H30N2O4/c1-10(13(19-5)20-6)16-11-7-8-12(9-11)17-14(18)21-15(2,3)4/h10-13,16H,7-9H2,1-6H3,(H,17,18). The predicted molar refractivity (Wildman–Crippen MR) is 81.2 cm³/mol. The Hall–Kier alpha value is -0.850. The molecule has 1 rings (SSSR count). The van der Waals surface area contributed by atoms with Gasteiger partial charge in [0.1, 0.15) is 5.60 Å². The van der Waals surface area contributed by atoms with Crippen LogP contribution in [0.1, 0.15) is 47.0 Å². The van der Waals surface area contributed by atoms with Crippen molar-refractivity contribution < 1.29 is 19.0 Å². The molecule has 0 spiro atoms. The van der Waals surface area contributed by atoms with Crippen LogP contribution in [0.3, 0.4) is 0 Å². The van der Waals surface area contributed by atoms with E-state index in [1.165, 1.54) is 0 Å². The highest BCUT2D eigenvalue weighted by Crippen LogP contribution is 2.21. The number of carbonyl (C=O) groups excluding carboxylic acids is 1. The van der Waals surface area contributed by atoms with Gasteiger partial charge in [0, 0.05) is 26.3 Å². The Morgan fingerprint density at radius 1 is 1.14 bits per heavy atom. The molecule has 6 heteroatoms. The van der Waals surface area contributed by atoms with Crippen LogP contribution in [0.2, 0.25) is 0 Å². The summed E-state index contributed by atoms with van der Waals surface area (Å²) in [5, 5.41) is 6.42. The van der Waals surface area contributed by atoms with Gasteiger partial charge in [-0.25, -0.2) is 4.79 Å². The van der Waals surface area contributed by atoms with Gasteiger partial charge in [-0.2, -0.15) is 0 Å². The number of amides is 1. The number of nitrogens with one attached hydrogen (secondary N) is 2. The summed E-state index contributed by atoms with van der Waals surface area (Å²) in [6.07, 6.45) is 2.26. The molecule has 0 bridgehead atoms. The quantitative estimate of drug-likeness (QED) is 0.735. The number of methoxy groups -OCH3 is 2. The summed E-state index contributed by atoms with van der Waals surface area (Å²) in [6, 6.07) is 0.617. The third-order valence-corrected chi connectivity index (χ3v) is 3.52. The zero-order valence-electron chi connectivity index (χ0n) is 14.1. The molecule has 0 saturated heterocycles. The van der Waals surface area contributed by atoms with Gasteiger partial charge in [-0.15, -0.1) is 0 Å². The van der Waals surface area contributed by atoms with Gasteiger partial charge in [0.2, 0.25) is 0 Å². The van der Waals surface area contributed by atoms with Gasteiger partial charge < -0.3 is 24.8 Å². The van der Waals surface area contributed by atoms with E-state index < -0.39 is 5.60 Å². The van der Waals surface area contributed by atoms with Crippen molar-refractivity contribution in [2.45, 2.75) is 77.0 Å². The van der Waals surface area contributed by atoms with Crippen LogP contribution in [0.25, 0.3) is 0 Å². The highest BCUT2D eigenvalue weighted by Gasteiger charge is 2.29. The van der Waals surface area contributed by atoms with Gasteiger partial charge in [-0.05, 0) is 47.0 Å². The first-order valence-corrected chi connectivity index (χ1v) is 7.56. The Bertz CT molecular complexity index is 326. The van der Waals surface area contributed by atoms with E-state index in [-0.39, 0.29) is 24.5 Å². The Morgan fingerprint density at radius 2 is 1.71 bits per heavy atom. The second-order valence-corrected chi connectivity index (χ2v) is 6.65. The predicted octanol–water partition coefficient (Wildman–Crippen LogP) is 2.03. The molecule has 0 heterocycles. The van der Waals surface area contributed by atoms with E-state index in [9.17, 15) is 4.79 Å². The molecule has 1 aliphatic rings. The van der Waals surface area contributed by atoms with E-state index in [2.05, 4.69) is 10.6 Å². The van der Waals surface area contributed by atoms with Gasteiger partial charge in [0.05, 0.1) is 6.04 Å². The molecule has 6 nitrogen and oxygen atoms in total. The maximum atomic E-state index is 11.8. The molecule has 3 unspecified atom stereocenters. The molecule has 1 aliphatic carbocycles. The summed E-state index contributed by atoms with van der Waals surface area (Å²) in [4.78, 5) is 11.8. The lowest BCUT2D eigenvalue weighted by Crippen LogP contribution is -2.45. The Labute approximate surface area is 127 Å². The van der Waals surface area contributed by atoms with E-state index in [0.717, 1.165) is 19.3 Å². The topological polar surface area (TPSA) is 68.8 Å². The lowest BCUT2D eigenvalue weighted by Gasteiger charge is -2.26. The van der Waals surface area contributed by atoms with Crippen LogP contribution in [0.4, 0.5) is 4.79 Å². The molecule has 2 N–H and O–H groups in total. The second kappa shape index (κ2) is 7.96. The highest BCUT2D eigenvalue weighted by atomic mass is 16.7. The van der Waals surface area contributed by atoms with Gasteiger partial charge in [-0.3, -0.25) is 0 Å². The first kappa shape index (κ1) is 18.2.